The quantitative estimate of drug-likeness (QED) is 0.299. The first kappa shape index (κ1) is 18.4. The molecule has 0 atom stereocenters. The lowest BCUT2D eigenvalue weighted by Gasteiger charge is -2.29. The van der Waals surface area contributed by atoms with Gasteiger partial charge in [0.25, 0.3) is 15.9 Å². The van der Waals surface area contributed by atoms with E-state index < -0.39 is 49.8 Å². The molecule has 0 unspecified atom stereocenters. The number of esters is 2. The summed E-state index contributed by atoms with van der Waals surface area (Å²) in [7, 11) is -4.60. The van der Waals surface area contributed by atoms with Gasteiger partial charge in [-0.3, -0.25) is 4.55 Å². The van der Waals surface area contributed by atoms with Crippen molar-refractivity contribution in [3.63, 3.8) is 0 Å². The van der Waals surface area contributed by atoms with Gasteiger partial charge in [-0.15, -0.1) is 0 Å². The SMILES string of the molecule is CC1(C)OC(=O)C(=CNc2ccc(S(=O)(=O)O)cc2C(=O)O)C(=O)O1. The number of aromatic carboxylic acids is 1. The van der Waals surface area contributed by atoms with E-state index in [1.54, 1.807) is 0 Å². The van der Waals surface area contributed by atoms with Gasteiger partial charge in [-0.05, 0) is 18.2 Å². The molecule has 1 fully saturated rings. The van der Waals surface area contributed by atoms with Crippen LogP contribution in [-0.4, -0.2) is 41.8 Å². The van der Waals surface area contributed by atoms with Crippen molar-refractivity contribution in [2.24, 2.45) is 0 Å². The van der Waals surface area contributed by atoms with E-state index in [0.717, 1.165) is 24.4 Å². The first-order valence-electron chi connectivity index (χ1n) is 6.69. The fourth-order valence-electron chi connectivity index (χ4n) is 1.91. The zero-order valence-corrected chi connectivity index (χ0v) is 13.8. The summed E-state index contributed by atoms with van der Waals surface area (Å²) in [6.07, 6.45) is 0.884. The Morgan fingerprint density at radius 2 is 1.76 bits per heavy atom. The Morgan fingerprint density at radius 3 is 2.24 bits per heavy atom. The molecule has 2 rings (SSSR count). The zero-order chi connectivity index (χ0) is 19.0. The van der Waals surface area contributed by atoms with Gasteiger partial charge in [-0.25, -0.2) is 14.4 Å². The van der Waals surface area contributed by atoms with Crippen molar-refractivity contribution in [3.8, 4) is 0 Å². The van der Waals surface area contributed by atoms with E-state index in [4.69, 9.17) is 19.1 Å². The van der Waals surface area contributed by atoms with Gasteiger partial charge in [0.2, 0.25) is 0 Å². The number of nitrogens with one attached hydrogen (secondary N) is 1. The van der Waals surface area contributed by atoms with Gasteiger partial charge in [0.1, 0.15) is 0 Å². The summed E-state index contributed by atoms with van der Waals surface area (Å²) in [4.78, 5) is 34.2. The lowest BCUT2D eigenvalue weighted by atomic mass is 10.1. The van der Waals surface area contributed by atoms with Gasteiger partial charge in [0, 0.05) is 20.0 Å². The van der Waals surface area contributed by atoms with Gasteiger partial charge in [-0.1, -0.05) is 0 Å². The van der Waals surface area contributed by atoms with Crippen molar-refractivity contribution in [1.82, 2.24) is 0 Å². The Kier molecular flexibility index (Phi) is 4.55. The van der Waals surface area contributed by atoms with Crippen molar-refractivity contribution in [1.29, 1.82) is 0 Å². The van der Waals surface area contributed by atoms with Crippen LogP contribution >= 0.6 is 0 Å². The molecule has 25 heavy (non-hydrogen) atoms. The maximum absolute atomic E-state index is 11.8. The second-order valence-corrected chi connectivity index (χ2v) is 6.79. The van der Waals surface area contributed by atoms with Crippen molar-refractivity contribution < 1.29 is 41.9 Å². The monoisotopic (exact) mass is 371 g/mol. The summed E-state index contributed by atoms with van der Waals surface area (Å²) in [5.74, 6) is -4.86. The molecule has 0 bridgehead atoms. The molecule has 0 saturated carbocycles. The molecule has 1 aliphatic rings. The summed E-state index contributed by atoms with van der Waals surface area (Å²) < 4.78 is 40.9. The third kappa shape index (κ3) is 4.14. The van der Waals surface area contributed by atoms with E-state index in [0.29, 0.717) is 0 Å². The average Bonchev–Trinajstić information content (AvgIpc) is 2.43. The Labute approximate surface area is 141 Å². The van der Waals surface area contributed by atoms with E-state index in [1.165, 1.54) is 13.8 Å². The molecule has 1 aliphatic heterocycles. The average molecular weight is 371 g/mol. The normalized spacial score (nSPS) is 16.7. The summed E-state index contributed by atoms with van der Waals surface area (Å²) in [6.45, 7) is 2.73. The summed E-state index contributed by atoms with van der Waals surface area (Å²) in [6, 6.07) is 2.72. The van der Waals surface area contributed by atoms with Crippen LogP contribution in [0.1, 0.15) is 24.2 Å². The topological polar surface area (TPSA) is 156 Å². The van der Waals surface area contributed by atoms with Crippen LogP contribution in [0.25, 0.3) is 0 Å². The highest BCUT2D eigenvalue weighted by Crippen LogP contribution is 2.24. The molecule has 0 spiro atoms. The number of hydrogen-bond acceptors (Lipinski definition) is 8. The van der Waals surface area contributed by atoms with E-state index in [-0.39, 0.29) is 5.69 Å². The van der Waals surface area contributed by atoms with Crippen LogP contribution in [0.3, 0.4) is 0 Å². The van der Waals surface area contributed by atoms with Gasteiger partial charge >= 0.3 is 17.9 Å². The number of hydrogen-bond donors (Lipinski definition) is 3. The predicted octanol–water partition coefficient (Wildman–Crippen LogP) is 0.763. The van der Waals surface area contributed by atoms with E-state index in [1.807, 2.05) is 0 Å². The minimum Gasteiger partial charge on any atom is -0.478 e. The van der Waals surface area contributed by atoms with Gasteiger partial charge in [0.05, 0.1) is 16.1 Å². The molecule has 11 heteroatoms. The molecular weight excluding hydrogens is 358 g/mol. The molecule has 10 nitrogen and oxygen atoms in total. The second kappa shape index (κ2) is 6.18. The summed E-state index contributed by atoms with van der Waals surface area (Å²) >= 11 is 0. The first-order chi connectivity index (χ1) is 11.4. The number of cyclic esters (lactones) is 2. The third-order valence-electron chi connectivity index (χ3n) is 3.01. The minimum absolute atomic E-state index is 0.127. The molecular formula is C14H13NO9S. The lowest BCUT2D eigenvalue weighted by Crippen LogP contribution is -2.42. The first-order valence-corrected chi connectivity index (χ1v) is 8.13. The maximum Gasteiger partial charge on any atom is 0.350 e. The number of ether oxygens (including phenoxy) is 2. The van der Waals surface area contributed by atoms with Gasteiger partial charge < -0.3 is 19.9 Å². The van der Waals surface area contributed by atoms with E-state index >= 15 is 0 Å². The van der Waals surface area contributed by atoms with Crippen LogP contribution < -0.4 is 5.32 Å². The molecule has 1 saturated heterocycles. The Bertz CT molecular complexity index is 877. The zero-order valence-electron chi connectivity index (χ0n) is 13.0. The number of anilines is 1. The number of carboxylic acid groups (broad SMARTS) is 1. The lowest BCUT2D eigenvalue weighted by molar-refractivity contribution is -0.222. The number of carbonyl (C=O) groups excluding carboxylic acids is 2. The standard InChI is InChI=1S/C14H13NO9S/c1-14(2)23-12(18)9(13(19)24-14)6-15-10-4-3-7(25(20,21)22)5-8(10)11(16)17/h3-6,15H,1-2H3,(H,16,17)(H,20,21,22). The molecule has 0 aliphatic carbocycles. The molecule has 0 amide bonds. The minimum atomic E-state index is -4.60. The summed E-state index contributed by atoms with van der Waals surface area (Å²) in [5.41, 5.74) is -1.14. The molecule has 134 valence electrons. The Morgan fingerprint density at radius 1 is 1.20 bits per heavy atom. The Balaban J connectivity index is 2.36. The molecule has 0 aromatic heterocycles. The van der Waals surface area contributed by atoms with Crippen LogP contribution in [0, 0.1) is 0 Å². The van der Waals surface area contributed by atoms with Crippen molar-refractivity contribution >= 4 is 33.7 Å². The maximum atomic E-state index is 11.8. The van der Waals surface area contributed by atoms with Crippen LogP contribution in [0.15, 0.2) is 34.9 Å². The third-order valence-corrected chi connectivity index (χ3v) is 3.86. The molecule has 1 heterocycles. The summed E-state index contributed by atoms with van der Waals surface area (Å²) in [5, 5.41) is 11.6. The second-order valence-electron chi connectivity index (χ2n) is 5.37. The fourth-order valence-corrected chi connectivity index (χ4v) is 2.42. The smallest absolute Gasteiger partial charge is 0.350 e. The van der Waals surface area contributed by atoms with Gasteiger partial charge in [0.15, 0.2) is 5.57 Å². The highest BCUT2D eigenvalue weighted by Gasteiger charge is 2.39. The predicted molar refractivity (Wildman–Crippen MR) is 81.2 cm³/mol. The van der Waals surface area contributed by atoms with Crippen molar-refractivity contribution in [2.75, 3.05) is 5.32 Å². The fraction of sp³-hybridized carbons (Fsp3) is 0.214. The molecule has 1 aromatic carbocycles. The molecule has 3 N–H and O–H groups in total. The van der Waals surface area contributed by atoms with Crippen LogP contribution in [0.5, 0.6) is 0 Å². The number of benzene rings is 1. The highest BCUT2D eigenvalue weighted by atomic mass is 32.2. The molecule has 1 aromatic rings. The van der Waals surface area contributed by atoms with Crippen LogP contribution in [0.2, 0.25) is 0 Å². The highest BCUT2D eigenvalue weighted by molar-refractivity contribution is 7.85. The van der Waals surface area contributed by atoms with E-state index in [2.05, 4.69) is 5.32 Å². The van der Waals surface area contributed by atoms with E-state index in [9.17, 15) is 22.8 Å². The number of carbonyl (C=O) groups is 3. The number of rotatable bonds is 4. The molecule has 0 radical (unpaired) electrons. The van der Waals surface area contributed by atoms with Crippen LogP contribution in [-0.2, 0) is 29.2 Å². The number of carboxylic acids is 1. The van der Waals surface area contributed by atoms with Crippen molar-refractivity contribution in [2.45, 2.75) is 24.5 Å². The Hall–Kier alpha value is -2.92. The van der Waals surface area contributed by atoms with Crippen LogP contribution in [0.4, 0.5) is 5.69 Å². The largest absolute Gasteiger partial charge is 0.478 e. The van der Waals surface area contributed by atoms with Crippen molar-refractivity contribution in [3.05, 3.63) is 35.5 Å². The van der Waals surface area contributed by atoms with Gasteiger partial charge in [-0.2, -0.15) is 8.42 Å².